The molecule has 0 radical (unpaired) electrons. The molecule has 0 aliphatic heterocycles. The molecule has 5 rings (SSSR count). The summed E-state index contributed by atoms with van der Waals surface area (Å²) in [4.78, 5) is 33.2. The zero-order valence-corrected chi connectivity index (χ0v) is 20.0. The summed E-state index contributed by atoms with van der Waals surface area (Å²) in [5.74, 6) is 0.703. The van der Waals surface area contributed by atoms with Gasteiger partial charge < -0.3 is 10.1 Å². The van der Waals surface area contributed by atoms with Crippen molar-refractivity contribution in [1.82, 2.24) is 9.55 Å². The molecule has 0 saturated carbocycles. The molecule has 33 heavy (non-hydrogen) atoms. The highest BCUT2D eigenvalue weighted by atomic mass is 32.2. The van der Waals surface area contributed by atoms with Gasteiger partial charge in [-0.3, -0.25) is 14.2 Å². The van der Waals surface area contributed by atoms with Crippen molar-refractivity contribution in [2.45, 2.75) is 31.3 Å². The first-order valence-corrected chi connectivity index (χ1v) is 12.5. The standard InChI is InChI=1S/C25H23N3O3S2/c1-15-6-10-17(11-7-15)28-24(30)22-19-4-3-5-20(19)33-23(22)27-25(28)32-14-21(29)26-16-8-12-18(31-2)13-9-16/h6-13H,3-5,14H2,1-2H3,(H,26,29). The van der Waals surface area contributed by atoms with Crippen LogP contribution in [-0.2, 0) is 17.6 Å². The van der Waals surface area contributed by atoms with Gasteiger partial charge in [-0.25, -0.2) is 4.98 Å². The Morgan fingerprint density at radius 3 is 2.64 bits per heavy atom. The number of amides is 1. The number of hydrogen-bond acceptors (Lipinski definition) is 6. The largest absolute Gasteiger partial charge is 0.497 e. The first-order valence-electron chi connectivity index (χ1n) is 10.7. The summed E-state index contributed by atoms with van der Waals surface area (Å²) < 4.78 is 6.81. The minimum atomic E-state index is -0.163. The fraction of sp³-hybridized carbons (Fsp3) is 0.240. The monoisotopic (exact) mass is 477 g/mol. The van der Waals surface area contributed by atoms with E-state index in [0.29, 0.717) is 10.8 Å². The van der Waals surface area contributed by atoms with Crippen molar-refractivity contribution < 1.29 is 9.53 Å². The third-order valence-corrected chi connectivity index (χ3v) is 7.83. The van der Waals surface area contributed by atoms with Crippen LogP contribution in [0.25, 0.3) is 15.9 Å². The van der Waals surface area contributed by atoms with Crippen LogP contribution >= 0.6 is 23.1 Å². The third-order valence-electron chi connectivity index (χ3n) is 5.71. The van der Waals surface area contributed by atoms with E-state index in [1.807, 2.05) is 31.2 Å². The lowest BCUT2D eigenvalue weighted by Gasteiger charge is -2.13. The number of aryl methyl sites for hydroxylation is 3. The molecule has 0 unspecified atom stereocenters. The van der Waals surface area contributed by atoms with Gasteiger partial charge in [-0.1, -0.05) is 29.5 Å². The maximum atomic E-state index is 13.7. The number of thioether (sulfide) groups is 1. The van der Waals surface area contributed by atoms with Gasteiger partial charge in [0.2, 0.25) is 5.91 Å². The van der Waals surface area contributed by atoms with Crippen molar-refractivity contribution in [3.05, 3.63) is 74.9 Å². The molecule has 0 atom stereocenters. The number of nitrogens with one attached hydrogen (secondary N) is 1. The number of carbonyl (C=O) groups is 1. The molecule has 2 aromatic carbocycles. The number of nitrogens with zero attached hydrogens (tertiary/aromatic N) is 2. The van der Waals surface area contributed by atoms with Gasteiger partial charge in [0.15, 0.2) is 5.16 Å². The van der Waals surface area contributed by atoms with Crippen molar-refractivity contribution >= 4 is 44.9 Å². The molecule has 2 heterocycles. The molecular weight excluding hydrogens is 454 g/mol. The highest BCUT2D eigenvalue weighted by molar-refractivity contribution is 7.99. The van der Waals surface area contributed by atoms with E-state index in [9.17, 15) is 9.59 Å². The molecule has 0 saturated heterocycles. The Labute approximate surface area is 199 Å². The molecule has 1 amide bonds. The van der Waals surface area contributed by atoms with E-state index < -0.39 is 0 Å². The second-order valence-electron chi connectivity index (χ2n) is 7.97. The predicted molar refractivity (Wildman–Crippen MR) is 134 cm³/mol. The average Bonchev–Trinajstić information content (AvgIpc) is 3.40. The lowest BCUT2D eigenvalue weighted by atomic mass is 10.2. The Kier molecular flexibility index (Phi) is 5.95. The number of benzene rings is 2. The van der Waals surface area contributed by atoms with Gasteiger partial charge in [0.1, 0.15) is 10.6 Å². The van der Waals surface area contributed by atoms with Crippen LogP contribution in [0.3, 0.4) is 0 Å². The van der Waals surface area contributed by atoms with Crippen LogP contribution < -0.4 is 15.6 Å². The molecule has 1 aliphatic carbocycles. The molecule has 8 heteroatoms. The van der Waals surface area contributed by atoms with E-state index in [2.05, 4.69) is 5.32 Å². The van der Waals surface area contributed by atoms with Gasteiger partial charge in [-0.2, -0.15) is 0 Å². The quantitative estimate of drug-likeness (QED) is 0.313. The average molecular weight is 478 g/mol. The Bertz CT molecular complexity index is 1390. The Morgan fingerprint density at radius 1 is 1.15 bits per heavy atom. The van der Waals surface area contributed by atoms with Gasteiger partial charge in [0.05, 0.1) is 23.9 Å². The molecule has 6 nitrogen and oxygen atoms in total. The number of fused-ring (bicyclic) bond motifs is 3. The van der Waals surface area contributed by atoms with Gasteiger partial charge in [-0.15, -0.1) is 11.3 Å². The van der Waals surface area contributed by atoms with Crippen molar-refractivity contribution in [3.8, 4) is 11.4 Å². The van der Waals surface area contributed by atoms with Crippen molar-refractivity contribution in [3.63, 3.8) is 0 Å². The zero-order valence-electron chi connectivity index (χ0n) is 18.4. The van der Waals surface area contributed by atoms with Gasteiger partial charge in [0, 0.05) is 10.6 Å². The Hall–Kier alpha value is -3.10. The molecule has 168 valence electrons. The van der Waals surface area contributed by atoms with Crippen LogP contribution in [0.1, 0.15) is 22.4 Å². The summed E-state index contributed by atoms with van der Waals surface area (Å²) in [5, 5.41) is 4.15. The molecule has 0 spiro atoms. The third kappa shape index (κ3) is 4.28. The van der Waals surface area contributed by atoms with E-state index in [4.69, 9.17) is 9.72 Å². The van der Waals surface area contributed by atoms with Crippen molar-refractivity contribution in [2.75, 3.05) is 18.2 Å². The van der Waals surface area contributed by atoms with Crippen LogP contribution in [0, 0.1) is 6.92 Å². The van der Waals surface area contributed by atoms with E-state index in [-0.39, 0.29) is 17.2 Å². The summed E-state index contributed by atoms with van der Waals surface area (Å²) in [6.07, 6.45) is 3.02. The maximum absolute atomic E-state index is 13.7. The number of aromatic nitrogens is 2. The molecule has 1 aliphatic rings. The minimum absolute atomic E-state index is 0.0543. The number of carbonyl (C=O) groups excluding carboxylic acids is 1. The maximum Gasteiger partial charge on any atom is 0.267 e. The summed E-state index contributed by atoms with van der Waals surface area (Å²) in [6.45, 7) is 2.01. The van der Waals surface area contributed by atoms with Crippen LogP contribution in [0.4, 0.5) is 5.69 Å². The lowest BCUT2D eigenvalue weighted by Crippen LogP contribution is -2.23. The molecule has 2 aromatic heterocycles. The smallest absolute Gasteiger partial charge is 0.267 e. The second kappa shape index (κ2) is 9.03. The van der Waals surface area contributed by atoms with Crippen LogP contribution in [0.5, 0.6) is 5.75 Å². The summed E-state index contributed by atoms with van der Waals surface area (Å²) >= 11 is 2.88. The van der Waals surface area contributed by atoms with Gasteiger partial charge in [0.25, 0.3) is 5.56 Å². The molecule has 1 N–H and O–H groups in total. The number of anilines is 1. The van der Waals surface area contributed by atoms with E-state index in [1.54, 1.807) is 47.3 Å². The van der Waals surface area contributed by atoms with Crippen molar-refractivity contribution in [1.29, 1.82) is 0 Å². The first kappa shape index (κ1) is 21.7. The van der Waals surface area contributed by atoms with Gasteiger partial charge in [-0.05, 0) is 68.1 Å². The van der Waals surface area contributed by atoms with Crippen molar-refractivity contribution in [2.24, 2.45) is 0 Å². The van der Waals surface area contributed by atoms with Crippen LogP contribution in [-0.4, -0.2) is 28.3 Å². The fourth-order valence-corrected chi connectivity index (χ4v) is 6.16. The Morgan fingerprint density at radius 2 is 1.91 bits per heavy atom. The van der Waals surface area contributed by atoms with E-state index in [0.717, 1.165) is 52.0 Å². The predicted octanol–water partition coefficient (Wildman–Crippen LogP) is 4.98. The highest BCUT2D eigenvalue weighted by Gasteiger charge is 2.24. The van der Waals surface area contributed by atoms with Crippen LogP contribution in [0.15, 0.2) is 58.5 Å². The highest BCUT2D eigenvalue weighted by Crippen LogP contribution is 2.36. The number of ether oxygens (including phenoxy) is 1. The molecule has 0 bridgehead atoms. The topological polar surface area (TPSA) is 73.2 Å². The van der Waals surface area contributed by atoms with Gasteiger partial charge >= 0.3 is 0 Å². The number of rotatable bonds is 6. The summed E-state index contributed by atoms with van der Waals surface area (Å²) in [7, 11) is 1.60. The SMILES string of the molecule is COc1ccc(NC(=O)CSc2nc3sc4c(c3c(=O)n2-c2ccc(C)cc2)CCC4)cc1. The fourth-order valence-electron chi connectivity index (χ4n) is 4.04. The normalized spacial score (nSPS) is 12.7. The number of hydrogen-bond donors (Lipinski definition) is 1. The van der Waals surface area contributed by atoms with Crippen LogP contribution in [0.2, 0.25) is 0 Å². The minimum Gasteiger partial charge on any atom is -0.497 e. The molecular formula is C25H23N3O3S2. The molecule has 0 fully saturated rings. The zero-order chi connectivity index (χ0) is 22.9. The lowest BCUT2D eigenvalue weighted by molar-refractivity contribution is -0.113. The summed E-state index contributed by atoms with van der Waals surface area (Å²) in [5.41, 5.74) is 3.67. The van der Waals surface area contributed by atoms with E-state index >= 15 is 0 Å². The van der Waals surface area contributed by atoms with E-state index in [1.165, 1.54) is 16.6 Å². The number of thiophene rings is 1. The Balaban J connectivity index is 1.47. The first-order chi connectivity index (χ1) is 16.0. The second-order valence-corrected chi connectivity index (χ2v) is 10.00. The number of methoxy groups -OCH3 is 1. The molecule has 4 aromatic rings. The summed E-state index contributed by atoms with van der Waals surface area (Å²) in [6, 6.07) is 15.0.